The molecular formula is C21H29N3O. The van der Waals surface area contributed by atoms with Crippen LogP contribution in [-0.2, 0) is 0 Å². The van der Waals surface area contributed by atoms with Crippen molar-refractivity contribution in [2.75, 3.05) is 17.7 Å². The van der Waals surface area contributed by atoms with Crippen LogP contribution in [0.25, 0.3) is 11.3 Å². The van der Waals surface area contributed by atoms with Gasteiger partial charge in [-0.05, 0) is 62.6 Å². The molecule has 1 aromatic heterocycles. The third-order valence-corrected chi connectivity index (χ3v) is 4.99. The van der Waals surface area contributed by atoms with E-state index in [1.807, 2.05) is 12.1 Å². The Morgan fingerprint density at radius 2 is 1.84 bits per heavy atom. The quantitative estimate of drug-likeness (QED) is 0.716. The molecule has 1 aromatic carbocycles. The van der Waals surface area contributed by atoms with Gasteiger partial charge in [0.2, 0.25) is 0 Å². The predicted molar refractivity (Wildman–Crippen MR) is 105 cm³/mol. The third kappa shape index (κ3) is 4.44. The molecule has 0 amide bonds. The van der Waals surface area contributed by atoms with E-state index in [9.17, 15) is 0 Å². The normalized spacial score (nSPS) is 15.8. The molecule has 0 spiro atoms. The molecule has 1 saturated carbocycles. The number of anilines is 2. The monoisotopic (exact) mass is 339 g/mol. The highest BCUT2D eigenvalue weighted by Crippen LogP contribution is 2.30. The molecule has 1 fully saturated rings. The Kier molecular flexibility index (Phi) is 5.79. The number of hydrogen-bond acceptors (Lipinski definition) is 4. The van der Waals surface area contributed by atoms with Crippen molar-refractivity contribution in [3.63, 3.8) is 0 Å². The SMILES string of the molecule is CCC(C)Nc1ccc(-c2ccc(OC)cc2)nc1NC1CCCC1. The molecular weight excluding hydrogens is 310 g/mol. The Bertz CT molecular complexity index is 678. The van der Waals surface area contributed by atoms with Gasteiger partial charge in [0.15, 0.2) is 0 Å². The fourth-order valence-corrected chi connectivity index (χ4v) is 3.24. The molecule has 0 saturated heterocycles. The minimum atomic E-state index is 0.428. The van der Waals surface area contributed by atoms with Gasteiger partial charge in [-0.1, -0.05) is 19.8 Å². The smallest absolute Gasteiger partial charge is 0.150 e. The number of nitrogens with zero attached hydrogens (tertiary/aromatic N) is 1. The second-order valence-electron chi connectivity index (χ2n) is 6.90. The zero-order valence-electron chi connectivity index (χ0n) is 15.5. The maximum absolute atomic E-state index is 5.25. The van der Waals surface area contributed by atoms with Gasteiger partial charge in [0.25, 0.3) is 0 Å². The standard InChI is InChI=1S/C21H29N3O/c1-4-15(2)22-20-14-13-19(16-9-11-18(25-3)12-10-16)24-21(20)23-17-7-5-6-8-17/h9-15,17,22H,4-8H2,1-3H3,(H,23,24). The van der Waals surface area contributed by atoms with Crippen molar-refractivity contribution in [3.8, 4) is 17.0 Å². The van der Waals surface area contributed by atoms with Crippen molar-refractivity contribution in [3.05, 3.63) is 36.4 Å². The molecule has 0 bridgehead atoms. The van der Waals surface area contributed by atoms with E-state index in [2.05, 4.69) is 48.7 Å². The molecule has 4 nitrogen and oxygen atoms in total. The Balaban J connectivity index is 1.88. The maximum Gasteiger partial charge on any atom is 0.150 e. The summed E-state index contributed by atoms with van der Waals surface area (Å²) < 4.78 is 5.25. The lowest BCUT2D eigenvalue weighted by Gasteiger charge is -2.20. The molecule has 0 radical (unpaired) electrons. The first-order valence-corrected chi connectivity index (χ1v) is 9.38. The van der Waals surface area contributed by atoms with Crippen LogP contribution in [0.15, 0.2) is 36.4 Å². The molecule has 0 aliphatic heterocycles. The topological polar surface area (TPSA) is 46.2 Å². The first-order chi connectivity index (χ1) is 12.2. The molecule has 134 valence electrons. The number of ether oxygens (including phenoxy) is 1. The van der Waals surface area contributed by atoms with Crippen LogP contribution in [0.4, 0.5) is 11.5 Å². The number of hydrogen-bond donors (Lipinski definition) is 2. The van der Waals surface area contributed by atoms with E-state index < -0.39 is 0 Å². The van der Waals surface area contributed by atoms with Gasteiger partial charge in [-0.15, -0.1) is 0 Å². The number of rotatable bonds is 7. The van der Waals surface area contributed by atoms with Gasteiger partial charge in [-0.2, -0.15) is 0 Å². The van der Waals surface area contributed by atoms with Crippen LogP contribution < -0.4 is 15.4 Å². The average molecular weight is 339 g/mol. The zero-order valence-corrected chi connectivity index (χ0v) is 15.5. The van der Waals surface area contributed by atoms with Gasteiger partial charge >= 0.3 is 0 Å². The molecule has 3 rings (SSSR count). The van der Waals surface area contributed by atoms with Crippen LogP contribution in [0.5, 0.6) is 5.75 Å². The highest BCUT2D eigenvalue weighted by molar-refractivity contribution is 5.71. The average Bonchev–Trinajstić information content (AvgIpc) is 3.16. The number of nitrogens with one attached hydrogen (secondary N) is 2. The Hall–Kier alpha value is -2.23. The lowest BCUT2D eigenvalue weighted by atomic mass is 10.1. The largest absolute Gasteiger partial charge is 0.497 e. The zero-order chi connectivity index (χ0) is 17.6. The maximum atomic E-state index is 5.25. The van der Waals surface area contributed by atoms with Crippen molar-refractivity contribution in [1.29, 1.82) is 0 Å². The summed E-state index contributed by atoms with van der Waals surface area (Å²) in [6.07, 6.45) is 6.17. The minimum Gasteiger partial charge on any atom is -0.497 e. The fraction of sp³-hybridized carbons (Fsp3) is 0.476. The van der Waals surface area contributed by atoms with Crippen molar-refractivity contribution >= 4 is 11.5 Å². The number of benzene rings is 1. The van der Waals surface area contributed by atoms with Crippen LogP contribution in [-0.4, -0.2) is 24.2 Å². The number of aromatic nitrogens is 1. The Labute approximate surface area is 151 Å². The van der Waals surface area contributed by atoms with Crippen molar-refractivity contribution in [1.82, 2.24) is 4.98 Å². The van der Waals surface area contributed by atoms with Gasteiger partial charge in [-0.3, -0.25) is 0 Å². The van der Waals surface area contributed by atoms with Gasteiger partial charge in [-0.25, -0.2) is 4.98 Å². The second-order valence-corrected chi connectivity index (χ2v) is 6.90. The predicted octanol–water partition coefficient (Wildman–Crippen LogP) is 5.32. The van der Waals surface area contributed by atoms with Crippen LogP contribution in [0, 0.1) is 0 Å². The highest BCUT2D eigenvalue weighted by atomic mass is 16.5. The van der Waals surface area contributed by atoms with E-state index in [1.54, 1.807) is 7.11 Å². The highest BCUT2D eigenvalue weighted by Gasteiger charge is 2.18. The van der Waals surface area contributed by atoms with Crippen LogP contribution in [0.3, 0.4) is 0 Å². The molecule has 2 N–H and O–H groups in total. The number of pyridine rings is 1. The molecule has 25 heavy (non-hydrogen) atoms. The molecule has 2 aromatic rings. The molecule has 1 aliphatic carbocycles. The summed E-state index contributed by atoms with van der Waals surface area (Å²) in [6.45, 7) is 4.40. The van der Waals surface area contributed by atoms with Crippen LogP contribution >= 0.6 is 0 Å². The Morgan fingerprint density at radius 3 is 2.48 bits per heavy atom. The third-order valence-electron chi connectivity index (χ3n) is 4.99. The molecule has 1 heterocycles. The summed E-state index contributed by atoms with van der Waals surface area (Å²) in [5.74, 6) is 1.84. The summed E-state index contributed by atoms with van der Waals surface area (Å²) in [6, 6.07) is 13.3. The molecule has 4 heteroatoms. The van der Waals surface area contributed by atoms with Crippen molar-refractivity contribution < 1.29 is 4.74 Å². The van der Waals surface area contributed by atoms with E-state index in [0.29, 0.717) is 12.1 Å². The number of methoxy groups -OCH3 is 1. The van der Waals surface area contributed by atoms with Crippen molar-refractivity contribution in [2.24, 2.45) is 0 Å². The van der Waals surface area contributed by atoms with E-state index in [1.165, 1.54) is 25.7 Å². The van der Waals surface area contributed by atoms with Gasteiger partial charge in [0.05, 0.1) is 18.5 Å². The van der Waals surface area contributed by atoms with Crippen LogP contribution in [0.2, 0.25) is 0 Å². The first-order valence-electron chi connectivity index (χ1n) is 9.38. The van der Waals surface area contributed by atoms with E-state index in [-0.39, 0.29) is 0 Å². The first kappa shape index (κ1) is 17.6. The van der Waals surface area contributed by atoms with Gasteiger partial charge < -0.3 is 15.4 Å². The lowest BCUT2D eigenvalue weighted by molar-refractivity contribution is 0.415. The van der Waals surface area contributed by atoms with E-state index in [0.717, 1.165) is 34.9 Å². The Morgan fingerprint density at radius 1 is 1.12 bits per heavy atom. The summed E-state index contributed by atoms with van der Waals surface area (Å²) >= 11 is 0. The lowest BCUT2D eigenvalue weighted by Crippen LogP contribution is -2.20. The van der Waals surface area contributed by atoms with Crippen molar-refractivity contribution in [2.45, 2.75) is 58.0 Å². The van der Waals surface area contributed by atoms with Gasteiger partial charge in [0.1, 0.15) is 11.6 Å². The molecule has 1 unspecified atom stereocenters. The van der Waals surface area contributed by atoms with Crippen LogP contribution in [0.1, 0.15) is 46.0 Å². The fourth-order valence-electron chi connectivity index (χ4n) is 3.24. The summed E-state index contributed by atoms with van der Waals surface area (Å²) in [5.41, 5.74) is 3.18. The van der Waals surface area contributed by atoms with E-state index in [4.69, 9.17) is 9.72 Å². The molecule has 1 atom stereocenters. The minimum absolute atomic E-state index is 0.428. The second kappa shape index (κ2) is 8.24. The van der Waals surface area contributed by atoms with E-state index >= 15 is 0 Å². The summed E-state index contributed by atoms with van der Waals surface area (Å²) in [7, 11) is 1.69. The molecule has 1 aliphatic rings. The summed E-state index contributed by atoms with van der Waals surface area (Å²) in [5, 5.41) is 7.26. The summed E-state index contributed by atoms with van der Waals surface area (Å²) in [4.78, 5) is 4.93. The van der Waals surface area contributed by atoms with Gasteiger partial charge in [0, 0.05) is 17.6 Å².